The molecule has 1 aromatic heterocycles. The van der Waals surface area contributed by atoms with Crippen molar-refractivity contribution in [3.05, 3.63) is 64.5 Å². The van der Waals surface area contributed by atoms with E-state index >= 15 is 0 Å². The second-order valence-corrected chi connectivity index (χ2v) is 7.86. The average molecular weight is 394 g/mol. The van der Waals surface area contributed by atoms with Crippen LogP contribution in [0.25, 0.3) is 11.3 Å². The van der Waals surface area contributed by atoms with Gasteiger partial charge < -0.3 is 14.8 Å². The highest BCUT2D eigenvalue weighted by atomic mass is 32.1. The summed E-state index contributed by atoms with van der Waals surface area (Å²) in [4.78, 5) is 17.0. The Labute approximate surface area is 168 Å². The van der Waals surface area contributed by atoms with E-state index in [1.807, 2.05) is 38.1 Å². The van der Waals surface area contributed by atoms with E-state index < -0.39 is 6.10 Å². The van der Waals surface area contributed by atoms with Crippen molar-refractivity contribution in [3.63, 3.8) is 0 Å². The van der Waals surface area contributed by atoms with Gasteiger partial charge in [-0.15, -0.1) is 11.3 Å². The maximum Gasteiger partial charge on any atom is 0.265 e. The molecule has 2 unspecified atom stereocenters. The molecule has 6 heteroatoms. The molecule has 1 aliphatic heterocycles. The van der Waals surface area contributed by atoms with Crippen LogP contribution in [0.3, 0.4) is 0 Å². The summed E-state index contributed by atoms with van der Waals surface area (Å²) in [5.74, 6) is 1.12. The molecule has 2 atom stereocenters. The fourth-order valence-electron chi connectivity index (χ4n) is 3.18. The van der Waals surface area contributed by atoms with Crippen molar-refractivity contribution in [2.45, 2.75) is 32.5 Å². The van der Waals surface area contributed by atoms with Crippen LogP contribution in [-0.2, 0) is 11.2 Å². The molecule has 0 saturated heterocycles. The van der Waals surface area contributed by atoms with Crippen LogP contribution in [0.4, 0.5) is 0 Å². The number of nitrogens with one attached hydrogen (secondary N) is 1. The van der Waals surface area contributed by atoms with Gasteiger partial charge in [0.15, 0.2) is 11.5 Å². The summed E-state index contributed by atoms with van der Waals surface area (Å²) >= 11 is 1.65. The predicted molar refractivity (Wildman–Crippen MR) is 110 cm³/mol. The number of aryl methyl sites for hydroxylation is 1. The standard InChI is InChI=1S/C22H22N2O3S/c1-14-21(27-20-6-4-3-5-19(20)26-14)22(25)23-12-11-16-7-9-17(10-8-16)18-13-28-15(2)24-18/h3-10,13-14,21H,11-12H2,1-2H3,(H,23,25). The number of hydrogen-bond acceptors (Lipinski definition) is 5. The number of hydrogen-bond donors (Lipinski definition) is 1. The highest BCUT2D eigenvalue weighted by Crippen LogP contribution is 2.33. The van der Waals surface area contributed by atoms with Crippen LogP contribution >= 0.6 is 11.3 Å². The van der Waals surface area contributed by atoms with Crippen LogP contribution < -0.4 is 14.8 Å². The largest absolute Gasteiger partial charge is 0.482 e. The van der Waals surface area contributed by atoms with Crippen LogP contribution in [0.15, 0.2) is 53.9 Å². The number of nitrogens with zero attached hydrogens (tertiary/aromatic N) is 1. The molecule has 0 saturated carbocycles. The lowest BCUT2D eigenvalue weighted by Crippen LogP contribution is -2.49. The number of aromatic nitrogens is 1. The zero-order valence-corrected chi connectivity index (χ0v) is 16.7. The topological polar surface area (TPSA) is 60.5 Å². The summed E-state index contributed by atoms with van der Waals surface area (Å²) in [5.41, 5.74) is 3.28. The van der Waals surface area contributed by atoms with E-state index in [1.54, 1.807) is 11.3 Å². The minimum Gasteiger partial charge on any atom is -0.482 e. The molecule has 1 N–H and O–H groups in total. The van der Waals surface area contributed by atoms with Crippen molar-refractivity contribution >= 4 is 17.2 Å². The van der Waals surface area contributed by atoms with Gasteiger partial charge in [0.2, 0.25) is 6.10 Å². The Balaban J connectivity index is 1.31. The summed E-state index contributed by atoms with van der Waals surface area (Å²) in [6.07, 6.45) is -0.235. The molecule has 0 bridgehead atoms. The fraction of sp³-hybridized carbons (Fsp3) is 0.273. The lowest BCUT2D eigenvalue weighted by atomic mass is 10.1. The molecule has 1 aliphatic rings. The van der Waals surface area contributed by atoms with Gasteiger partial charge in [-0.2, -0.15) is 0 Å². The first kappa shape index (κ1) is 18.5. The van der Waals surface area contributed by atoms with Crippen LogP contribution in [0, 0.1) is 6.92 Å². The molecule has 0 radical (unpaired) electrons. The number of fused-ring (bicyclic) bond motifs is 1. The van der Waals surface area contributed by atoms with Gasteiger partial charge in [-0.3, -0.25) is 4.79 Å². The number of rotatable bonds is 5. The normalized spacial score (nSPS) is 17.9. The molecule has 3 aromatic rings. The Morgan fingerprint density at radius 3 is 2.50 bits per heavy atom. The van der Waals surface area contributed by atoms with Crippen molar-refractivity contribution in [1.29, 1.82) is 0 Å². The monoisotopic (exact) mass is 394 g/mol. The maximum atomic E-state index is 12.5. The van der Waals surface area contributed by atoms with Crippen molar-refractivity contribution in [3.8, 4) is 22.8 Å². The number of carbonyl (C=O) groups is 1. The first-order valence-corrected chi connectivity index (χ1v) is 10.2. The zero-order chi connectivity index (χ0) is 19.5. The molecule has 5 nitrogen and oxygen atoms in total. The van der Waals surface area contributed by atoms with E-state index in [-0.39, 0.29) is 12.0 Å². The fourth-order valence-corrected chi connectivity index (χ4v) is 3.80. The number of carbonyl (C=O) groups excluding carboxylic acids is 1. The minimum absolute atomic E-state index is 0.156. The Morgan fingerprint density at radius 1 is 1.11 bits per heavy atom. The molecule has 1 amide bonds. The van der Waals surface area contributed by atoms with Crippen LogP contribution in [0.2, 0.25) is 0 Å². The third-order valence-electron chi connectivity index (χ3n) is 4.68. The molecular weight excluding hydrogens is 372 g/mol. The van der Waals surface area contributed by atoms with Crippen molar-refractivity contribution in [2.75, 3.05) is 6.54 Å². The van der Waals surface area contributed by atoms with Gasteiger partial charge >= 0.3 is 0 Å². The van der Waals surface area contributed by atoms with Crippen LogP contribution in [-0.4, -0.2) is 29.6 Å². The van der Waals surface area contributed by atoms with Gasteiger partial charge in [0.05, 0.1) is 10.7 Å². The van der Waals surface area contributed by atoms with E-state index in [2.05, 4.69) is 39.9 Å². The van der Waals surface area contributed by atoms with Gasteiger partial charge in [0.1, 0.15) is 6.10 Å². The van der Waals surface area contributed by atoms with Crippen molar-refractivity contribution in [2.24, 2.45) is 0 Å². The quantitative estimate of drug-likeness (QED) is 0.710. The second kappa shape index (κ2) is 8.02. The van der Waals surface area contributed by atoms with Gasteiger partial charge in [-0.25, -0.2) is 4.98 Å². The van der Waals surface area contributed by atoms with Crippen molar-refractivity contribution < 1.29 is 14.3 Å². The average Bonchev–Trinajstić information content (AvgIpc) is 3.14. The molecule has 0 aliphatic carbocycles. The van der Waals surface area contributed by atoms with E-state index in [4.69, 9.17) is 9.47 Å². The third-order valence-corrected chi connectivity index (χ3v) is 5.46. The number of thiazole rings is 1. The molecule has 0 spiro atoms. The molecule has 2 heterocycles. The first-order valence-electron chi connectivity index (χ1n) is 9.31. The summed E-state index contributed by atoms with van der Waals surface area (Å²) in [7, 11) is 0. The lowest BCUT2D eigenvalue weighted by Gasteiger charge is -2.31. The summed E-state index contributed by atoms with van der Waals surface area (Å²) in [6, 6.07) is 15.7. The van der Waals surface area contributed by atoms with Gasteiger partial charge in [-0.1, -0.05) is 36.4 Å². The van der Waals surface area contributed by atoms with Gasteiger partial charge in [-0.05, 0) is 38.0 Å². The predicted octanol–water partition coefficient (Wildman–Crippen LogP) is 4.01. The Kier molecular flexibility index (Phi) is 5.30. The Bertz CT molecular complexity index is 968. The van der Waals surface area contributed by atoms with Crippen LogP contribution in [0.5, 0.6) is 11.5 Å². The summed E-state index contributed by atoms with van der Waals surface area (Å²) in [5, 5.41) is 6.09. The van der Waals surface area contributed by atoms with E-state index in [0.29, 0.717) is 18.0 Å². The third kappa shape index (κ3) is 4.02. The van der Waals surface area contributed by atoms with E-state index in [0.717, 1.165) is 28.2 Å². The smallest absolute Gasteiger partial charge is 0.265 e. The number of para-hydroxylation sites is 2. The second-order valence-electron chi connectivity index (χ2n) is 6.80. The number of amides is 1. The molecule has 4 rings (SSSR count). The van der Waals surface area contributed by atoms with Gasteiger partial charge in [0, 0.05) is 17.5 Å². The molecule has 0 fully saturated rings. The van der Waals surface area contributed by atoms with E-state index in [1.165, 1.54) is 0 Å². The zero-order valence-electron chi connectivity index (χ0n) is 15.8. The molecular formula is C22H22N2O3S. The Hall–Kier alpha value is -2.86. The van der Waals surface area contributed by atoms with Crippen LogP contribution in [0.1, 0.15) is 17.5 Å². The maximum absolute atomic E-state index is 12.5. The van der Waals surface area contributed by atoms with Gasteiger partial charge in [0.25, 0.3) is 5.91 Å². The number of ether oxygens (including phenoxy) is 2. The SMILES string of the molecule is Cc1nc(-c2ccc(CCNC(=O)C3Oc4ccccc4OC3C)cc2)cs1. The summed E-state index contributed by atoms with van der Waals surface area (Å²) < 4.78 is 11.6. The highest BCUT2D eigenvalue weighted by molar-refractivity contribution is 7.09. The molecule has 144 valence electrons. The molecule has 28 heavy (non-hydrogen) atoms. The van der Waals surface area contributed by atoms with E-state index in [9.17, 15) is 4.79 Å². The highest BCUT2D eigenvalue weighted by Gasteiger charge is 2.33. The van der Waals surface area contributed by atoms with Crippen molar-refractivity contribution in [1.82, 2.24) is 10.3 Å². The molecule has 2 aromatic carbocycles. The Morgan fingerprint density at radius 2 is 1.82 bits per heavy atom. The first-order chi connectivity index (χ1) is 13.6. The summed E-state index contributed by atoms with van der Waals surface area (Å²) in [6.45, 7) is 4.40. The number of benzene rings is 2. The minimum atomic E-state index is -0.648. The lowest BCUT2D eigenvalue weighted by molar-refractivity contribution is -0.133.